The van der Waals surface area contributed by atoms with Crippen LogP contribution in [-0.2, 0) is 11.4 Å². The first-order valence-electron chi connectivity index (χ1n) is 11.1. The monoisotopic (exact) mass is 436 g/mol. The van der Waals surface area contributed by atoms with Crippen LogP contribution < -0.4 is 5.32 Å². The van der Waals surface area contributed by atoms with E-state index in [2.05, 4.69) is 40.8 Å². The van der Waals surface area contributed by atoms with Crippen LogP contribution in [-0.4, -0.2) is 29.7 Å². The van der Waals surface area contributed by atoms with Gasteiger partial charge < -0.3 is 15.1 Å². The third-order valence-corrected chi connectivity index (χ3v) is 6.21. The first-order chi connectivity index (χ1) is 16.2. The number of hydrogen-bond acceptors (Lipinski definition) is 4. The molecule has 6 heteroatoms. The number of fused-ring (bicyclic) bond motifs is 3. The Bertz CT molecular complexity index is 1210. The molecule has 33 heavy (non-hydrogen) atoms. The zero-order valence-corrected chi connectivity index (χ0v) is 18.2. The summed E-state index contributed by atoms with van der Waals surface area (Å²) in [7, 11) is 0. The largest absolute Gasteiger partial charge is 0.391 e. The number of hydrogen-bond donors (Lipinski definition) is 1. The third kappa shape index (κ3) is 4.31. The van der Waals surface area contributed by atoms with Crippen LogP contribution >= 0.6 is 0 Å². The van der Waals surface area contributed by atoms with Crippen LogP contribution in [0.1, 0.15) is 41.1 Å². The average molecular weight is 437 g/mol. The van der Waals surface area contributed by atoms with E-state index in [1.807, 2.05) is 41.3 Å². The van der Waals surface area contributed by atoms with Crippen molar-refractivity contribution in [2.24, 2.45) is 5.16 Å². The summed E-state index contributed by atoms with van der Waals surface area (Å²) in [4.78, 5) is 20.4. The van der Waals surface area contributed by atoms with Gasteiger partial charge in [-0.15, -0.1) is 0 Å². The molecule has 0 radical (unpaired) electrons. The maximum atomic E-state index is 13.1. The second-order valence-corrected chi connectivity index (χ2v) is 8.29. The number of amides is 2. The Balaban J connectivity index is 1.18. The molecule has 0 aromatic heterocycles. The summed E-state index contributed by atoms with van der Waals surface area (Å²) in [5.74, 6) is 0. The first-order valence-corrected chi connectivity index (χ1v) is 11.1. The van der Waals surface area contributed by atoms with Gasteiger partial charge in [-0.25, -0.2) is 4.79 Å². The van der Waals surface area contributed by atoms with Crippen LogP contribution in [0.25, 0.3) is 11.1 Å². The summed E-state index contributed by atoms with van der Waals surface area (Å²) < 4.78 is 0. The fraction of sp³-hybridized carbons (Fsp3) is 0.222. The predicted octanol–water partition coefficient (Wildman–Crippen LogP) is 5.01. The van der Waals surface area contributed by atoms with Gasteiger partial charge in [0.2, 0.25) is 0 Å². The molecule has 2 amide bonds. The third-order valence-electron chi connectivity index (χ3n) is 6.21. The van der Waals surface area contributed by atoms with E-state index in [4.69, 9.17) is 10.1 Å². The van der Waals surface area contributed by atoms with E-state index in [0.29, 0.717) is 38.1 Å². The molecule has 1 aliphatic carbocycles. The maximum absolute atomic E-state index is 13.1. The van der Waals surface area contributed by atoms with Crippen molar-refractivity contribution >= 4 is 11.7 Å². The fourth-order valence-corrected chi connectivity index (χ4v) is 4.51. The van der Waals surface area contributed by atoms with Gasteiger partial charge in [-0.3, -0.25) is 0 Å². The first kappa shape index (κ1) is 20.8. The zero-order valence-electron chi connectivity index (χ0n) is 18.2. The highest BCUT2D eigenvalue weighted by atomic mass is 16.6. The van der Waals surface area contributed by atoms with Crippen LogP contribution in [0.3, 0.4) is 0 Å². The van der Waals surface area contributed by atoms with Crippen molar-refractivity contribution in [3.8, 4) is 17.2 Å². The summed E-state index contributed by atoms with van der Waals surface area (Å²) in [6, 6.07) is 25.7. The minimum atomic E-state index is -0.132. The van der Waals surface area contributed by atoms with E-state index in [1.54, 1.807) is 12.1 Å². The summed E-state index contributed by atoms with van der Waals surface area (Å²) in [5, 5.41) is 16.5. The lowest BCUT2D eigenvalue weighted by Crippen LogP contribution is -2.45. The molecule has 164 valence electrons. The second kappa shape index (κ2) is 9.17. The van der Waals surface area contributed by atoms with Crippen molar-refractivity contribution in [2.45, 2.75) is 25.5 Å². The Morgan fingerprint density at radius 2 is 1.67 bits per heavy atom. The molecule has 1 fully saturated rings. The molecule has 2 aliphatic rings. The highest BCUT2D eigenvalue weighted by Gasteiger charge is 2.31. The predicted molar refractivity (Wildman–Crippen MR) is 126 cm³/mol. The minimum Gasteiger partial charge on any atom is -0.391 e. The second-order valence-electron chi connectivity index (χ2n) is 8.29. The quantitative estimate of drug-likeness (QED) is 0.584. The lowest BCUT2D eigenvalue weighted by molar-refractivity contribution is 0.127. The van der Waals surface area contributed by atoms with Crippen LogP contribution in [0.2, 0.25) is 0 Å². The summed E-state index contributed by atoms with van der Waals surface area (Å²) in [5.41, 5.74) is 7.11. The van der Waals surface area contributed by atoms with Crippen LogP contribution in [0, 0.1) is 11.3 Å². The number of carbonyl (C=O) groups is 1. The van der Waals surface area contributed by atoms with Gasteiger partial charge in [-0.05, 0) is 39.9 Å². The molecule has 0 atom stereocenters. The van der Waals surface area contributed by atoms with E-state index in [1.165, 1.54) is 11.1 Å². The van der Waals surface area contributed by atoms with Gasteiger partial charge in [0, 0.05) is 25.9 Å². The van der Waals surface area contributed by atoms with Crippen LogP contribution in [0.5, 0.6) is 0 Å². The fourth-order valence-electron chi connectivity index (χ4n) is 4.51. The number of nitriles is 1. The van der Waals surface area contributed by atoms with Crippen molar-refractivity contribution < 1.29 is 9.63 Å². The Hall–Kier alpha value is -4.11. The molecule has 6 nitrogen and oxygen atoms in total. The van der Waals surface area contributed by atoms with Crippen molar-refractivity contribution in [3.05, 3.63) is 95.1 Å². The molecule has 5 rings (SSSR count). The number of carbonyl (C=O) groups excluding carboxylic acids is 1. The number of benzene rings is 3. The Morgan fingerprint density at radius 1 is 1.00 bits per heavy atom. The number of piperidine rings is 1. The van der Waals surface area contributed by atoms with Crippen LogP contribution in [0.4, 0.5) is 4.79 Å². The van der Waals surface area contributed by atoms with E-state index in [-0.39, 0.29) is 12.1 Å². The van der Waals surface area contributed by atoms with Crippen molar-refractivity contribution in [1.82, 2.24) is 10.2 Å². The van der Waals surface area contributed by atoms with Crippen molar-refractivity contribution in [1.29, 1.82) is 5.26 Å². The number of rotatable bonds is 4. The molecular formula is C27H24N4O2. The summed E-state index contributed by atoms with van der Waals surface area (Å²) in [6.45, 7) is 1.53. The van der Waals surface area contributed by atoms with E-state index in [9.17, 15) is 4.79 Å². The molecular weight excluding hydrogens is 412 g/mol. The number of oxime groups is 1. The molecule has 0 unspecified atom stereocenters. The van der Waals surface area contributed by atoms with Gasteiger partial charge in [-0.2, -0.15) is 5.26 Å². The lowest BCUT2D eigenvalue weighted by Gasteiger charge is -2.29. The molecule has 1 aliphatic heterocycles. The van der Waals surface area contributed by atoms with Crippen molar-refractivity contribution in [2.75, 3.05) is 13.1 Å². The van der Waals surface area contributed by atoms with Gasteiger partial charge in [0.05, 0.1) is 23.4 Å². The summed E-state index contributed by atoms with van der Waals surface area (Å²) >= 11 is 0. The average Bonchev–Trinajstić information content (AvgIpc) is 3.18. The molecule has 0 saturated carbocycles. The molecule has 1 N–H and O–H groups in total. The van der Waals surface area contributed by atoms with Gasteiger partial charge in [-0.1, -0.05) is 65.8 Å². The Kier molecular flexibility index (Phi) is 5.77. The smallest absolute Gasteiger partial charge is 0.318 e. The van der Waals surface area contributed by atoms with E-state index < -0.39 is 0 Å². The molecule has 3 aromatic rings. The Morgan fingerprint density at radius 3 is 2.33 bits per heavy atom. The number of likely N-dealkylation sites (tertiary alicyclic amines) is 1. The highest BCUT2D eigenvalue weighted by molar-refractivity contribution is 5.87. The van der Waals surface area contributed by atoms with Gasteiger partial charge in [0.25, 0.3) is 0 Å². The SMILES string of the molecule is N#Cc1cccc(CON=C2CCN(C(=O)NC3c4ccccc4-c4ccccc43)CC2)c1. The number of nitrogens with zero attached hydrogens (tertiary/aromatic N) is 3. The standard InChI is InChI=1S/C27H24N4O2/c28-17-19-6-5-7-20(16-19)18-33-30-21-12-14-31(15-13-21)27(32)29-26-24-10-3-1-8-22(24)23-9-2-4-11-25(23)26/h1-11,16,26H,12-15,18H2,(H,29,32). The molecule has 1 heterocycles. The van der Waals surface area contributed by atoms with Crippen LogP contribution in [0.15, 0.2) is 78.0 Å². The van der Waals surface area contributed by atoms with E-state index in [0.717, 1.165) is 22.4 Å². The topological polar surface area (TPSA) is 77.7 Å². The Labute approximate surface area is 193 Å². The molecule has 0 bridgehead atoms. The van der Waals surface area contributed by atoms with Gasteiger partial charge in [0.15, 0.2) is 0 Å². The minimum absolute atomic E-state index is 0.0557. The van der Waals surface area contributed by atoms with Gasteiger partial charge >= 0.3 is 6.03 Å². The zero-order chi connectivity index (χ0) is 22.6. The lowest BCUT2D eigenvalue weighted by atomic mass is 10.1. The highest BCUT2D eigenvalue weighted by Crippen LogP contribution is 2.43. The van der Waals surface area contributed by atoms with Crippen molar-refractivity contribution in [3.63, 3.8) is 0 Å². The molecule has 3 aromatic carbocycles. The maximum Gasteiger partial charge on any atom is 0.318 e. The molecule has 1 saturated heterocycles. The normalized spacial score (nSPS) is 14.8. The number of nitrogens with one attached hydrogen (secondary N) is 1. The van der Waals surface area contributed by atoms with Gasteiger partial charge in [0.1, 0.15) is 6.61 Å². The summed E-state index contributed by atoms with van der Waals surface area (Å²) in [6.07, 6.45) is 1.37. The number of urea groups is 1. The molecule has 0 spiro atoms. The van der Waals surface area contributed by atoms with E-state index >= 15 is 0 Å².